The highest BCUT2D eigenvalue weighted by Gasteiger charge is 2.22. The predicted molar refractivity (Wildman–Crippen MR) is 266 cm³/mol. The molecule has 14 nitrogen and oxygen atoms in total. The van der Waals surface area contributed by atoms with Crippen LogP contribution in [0.2, 0.25) is 0 Å². The first-order valence-corrected chi connectivity index (χ1v) is 23.7. The van der Waals surface area contributed by atoms with Crippen LogP contribution < -0.4 is 27.4 Å². The van der Waals surface area contributed by atoms with Gasteiger partial charge in [-0.25, -0.2) is 24.7 Å². The summed E-state index contributed by atoms with van der Waals surface area (Å²) in [6, 6.07) is 19.7. The van der Waals surface area contributed by atoms with E-state index in [0.717, 1.165) is 74.5 Å². The highest BCUT2D eigenvalue weighted by atomic mass is 35.5. The molecule has 0 radical (unpaired) electrons. The Balaban J connectivity index is 0.000000220. The Hall–Kier alpha value is -5.94. The van der Waals surface area contributed by atoms with Crippen LogP contribution in [0.3, 0.4) is 0 Å². The van der Waals surface area contributed by atoms with Gasteiger partial charge in [-0.1, -0.05) is 24.3 Å². The summed E-state index contributed by atoms with van der Waals surface area (Å²) in [6.45, 7) is 7.34. The van der Waals surface area contributed by atoms with Gasteiger partial charge in [-0.2, -0.15) is 0 Å². The number of thiophene rings is 2. The summed E-state index contributed by atoms with van der Waals surface area (Å²) < 4.78 is 5.52. The average Bonchev–Trinajstić information content (AvgIpc) is 3.93. The number of nitrogen functional groups attached to an aromatic ring is 2. The van der Waals surface area contributed by atoms with E-state index >= 15 is 0 Å². The van der Waals surface area contributed by atoms with E-state index in [4.69, 9.17) is 16.2 Å². The molecule has 17 heteroatoms. The second-order valence-electron chi connectivity index (χ2n) is 17.3. The zero-order chi connectivity index (χ0) is 46.1. The normalized spacial score (nSPS) is 12.9. The second-order valence-corrected chi connectivity index (χ2v) is 19.6. The van der Waals surface area contributed by atoms with Gasteiger partial charge in [0.15, 0.2) is 0 Å². The van der Waals surface area contributed by atoms with Gasteiger partial charge in [-0.05, 0) is 149 Å². The minimum Gasteiger partial charge on any atom is -0.444 e. The first-order chi connectivity index (χ1) is 31.2. The monoisotopic (exact) mass is 950 g/mol. The highest BCUT2D eigenvalue weighted by molar-refractivity contribution is 7.14. The standard InChI is InChI=1S/C27H33N5O3S.C22H25N5OS.ClH/c1-27(2,3)35-26(34)32(4)16-20-13-17(21-11-12-29-25(28)31-21)9-10-19(20)15-30-24(33)23-14-18-7-5-6-8-22(18)36-23;1-24-12-17-10-14(18-8-9-25-22(23)27-18)6-7-16(17)13-26-21(28)20-11-15-4-2-3-5-19(15)29-20;/h9-14H,5-8,15-16H2,1-4H3,(H,30,33)(H2,28,29,31);6-11,24H,2-5,12-13H2,1H3,(H,26,28)(H2,23,25,27);1H. The van der Waals surface area contributed by atoms with Crippen molar-refractivity contribution in [2.24, 2.45) is 0 Å². The fraction of sp³-hybridized carbons (Fsp3) is 0.367. The molecule has 2 aliphatic rings. The van der Waals surface area contributed by atoms with E-state index in [1.165, 1.54) is 51.5 Å². The lowest BCUT2D eigenvalue weighted by Gasteiger charge is -2.25. The zero-order valence-corrected chi connectivity index (χ0v) is 40.6. The van der Waals surface area contributed by atoms with E-state index in [1.807, 2.05) is 70.3 Å². The number of halogens is 1. The lowest BCUT2D eigenvalue weighted by Crippen LogP contribution is -2.34. The number of fused-ring (bicyclic) bond motifs is 2. The highest BCUT2D eigenvalue weighted by Crippen LogP contribution is 2.31. The molecule has 0 unspecified atom stereocenters. The molecule has 4 heterocycles. The Morgan fingerprint density at radius 3 is 1.59 bits per heavy atom. The van der Waals surface area contributed by atoms with Crippen LogP contribution in [0, 0.1) is 0 Å². The van der Waals surface area contributed by atoms with Crippen LogP contribution in [0.25, 0.3) is 22.5 Å². The van der Waals surface area contributed by atoms with Crippen molar-refractivity contribution in [2.45, 2.75) is 104 Å². The summed E-state index contributed by atoms with van der Waals surface area (Å²) in [5.74, 6) is 0.378. The molecule has 2 aromatic carbocycles. The maximum absolute atomic E-state index is 12.9. The number of rotatable bonds is 12. The van der Waals surface area contributed by atoms with Gasteiger partial charge in [0.1, 0.15) is 5.60 Å². The largest absolute Gasteiger partial charge is 0.444 e. The number of nitrogens with zero attached hydrogens (tertiary/aromatic N) is 5. The SMILES string of the molecule is CN(Cc1cc(-c2ccnc(N)n2)ccc1CNC(=O)c1cc2c(s1)CCCC2)C(=O)OC(C)(C)C.CNCc1cc(-c2ccnc(N)n2)ccc1CNC(=O)c1cc2c(s1)CCCC2.Cl. The molecule has 3 amide bonds. The number of amides is 3. The quantitative estimate of drug-likeness (QED) is 0.0785. The Kier molecular flexibility index (Phi) is 16.9. The van der Waals surface area contributed by atoms with Crippen LogP contribution in [-0.4, -0.2) is 62.4 Å². The number of hydrogen-bond acceptors (Lipinski definition) is 13. The van der Waals surface area contributed by atoms with Gasteiger partial charge in [0.05, 0.1) is 21.1 Å². The van der Waals surface area contributed by atoms with Crippen molar-refractivity contribution in [3.05, 3.63) is 126 Å². The van der Waals surface area contributed by atoms with Crippen LogP contribution >= 0.6 is 35.1 Å². The van der Waals surface area contributed by atoms with Gasteiger partial charge < -0.3 is 37.1 Å². The third-order valence-corrected chi connectivity index (χ3v) is 13.6. The molecule has 0 bridgehead atoms. The molecular weight excluding hydrogens is 892 g/mol. The van der Waals surface area contributed by atoms with Gasteiger partial charge in [0.25, 0.3) is 11.8 Å². The van der Waals surface area contributed by atoms with Gasteiger partial charge in [0, 0.05) is 66.5 Å². The van der Waals surface area contributed by atoms with Crippen molar-refractivity contribution in [2.75, 3.05) is 25.6 Å². The van der Waals surface area contributed by atoms with Crippen molar-refractivity contribution in [1.82, 2.24) is 40.8 Å². The van der Waals surface area contributed by atoms with E-state index in [9.17, 15) is 14.4 Å². The molecule has 0 atom stereocenters. The van der Waals surface area contributed by atoms with E-state index in [-0.39, 0.29) is 36.1 Å². The molecule has 7 N–H and O–H groups in total. The van der Waals surface area contributed by atoms with Crippen LogP contribution in [-0.2, 0) is 56.6 Å². The number of nitrogens with one attached hydrogen (secondary N) is 3. The lowest BCUT2D eigenvalue weighted by molar-refractivity contribution is 0.0284. The number of benzene rings is 2. The number of aryl methyl sites for hydroxylation is 4. The minimum absolute atomic E-state index is 0. The molecule has 0 spiro atoms. The second kappa shape index (κ2) is 22.5. The molecule has 0 fully saturated rings. The van der Waals surface area contributed by atoms with Crippen LogP contribution in [0.1, 0.15) is 109 Å². The van der Waals surface area contributed by atoms with Gasteiger partial charge in [-0.15, -0.1) is 35.1 Å². The molecule has 4 aromatic heterocycles. The third kappa shape index (κ3) is 13.1. The number of aromatic nitrogens is 4. The lowest BCUT2D eigenvalue weighted by atomic mass is 9.99. The number of carbonyl (C=O) groups excluding carboxylic acids is 3. The van der Waals surface area contributed by atoms with E-state index in [0.29, 0.717) is 31.9 Å². The van der Waals surface area contributed by atoms with Crippen molar-refractivity contribution in [3.8, 4) is 22.5 Å². The van der Waals surface area contributed by atoms with E-state index in [1.54, 1.807) is 48.2 Å². The summed E-state index contributed by atoms with van der Waals surface area (Å²) in [7, 11) is 3.61. The van der Waals surface area contributed by atoms with Crippen molar-refractivity contribution in [3.63, 3.8) is 0 Å². The van der Waals surface area contributed by atoms with Crippen molar-refractivity contribution >= 4 is 64.9 Å². The molecule has 6 aromatic rings. The molecule has 66 heavy (non-hydrogen) atoms. The molecule has 0 aliphatic heterocycles. The summed E-state index contributed by atoms with van der Waals surface area (Å²) in [5.41, 5.74) is 20.8. The predicted octanol–water partition coefficient (Wildman–Crippen LogP) is 8.70. The Morgan fingerprint density at radius 1 is 0.667 bits per heavy atom. The number of nitrogens with two attached hydrogens (primary N) is 2. The van der Waals surface area contributed by atoms with Gasteiger partial charge >= 0.3 is 6.09 Å². The van der Waals surface area contributed by atoms with Crippen LogP contribution in [0.15, 0.2) is 73.1 Å². The molecule has 0 saturated heterocycles. The summed E-state index contributed by atoms with van der Waals surface area (Å²) in [4.78, 5) is 60.6. The smallest absolute Gasteiger partial charge is 0.410 e. The molecule has 348 valence electrons. The van der Waals surface area contributed by atoms with Gasteiger partial charge in [-0.3, -0.25) is 9.59 Å². The Morgan fingerprint density at radius 2 is 1.14 bits per heavy atom. The molecule has 0 saturated carbocycles. The Labute approximate surface area is 400 Å². The first-order valence-electron chi connectivity index (χ1n) is 22.0. The van der Waals surface area contributed by atoms with Gasteiger partial charge in [0.2, 0.25) is 11.9 Å². The summed E-state index contributed by atoms with van der Waals surface area (Å²) >= 11 is 3.24. The van der Waals surface area contributed by atoms with Crippen molar-refractivity contribution in [1.29, 1.82) is 0 Å². The minimum atomic E-state index is -0.595. The molecule has 2 aliphatic carbocycles. The van der Waals surface area contributed by atoms with Crippen LogP contribution in [0.5, 0.6) is 0 Å². The maximum atomic E-state index is 12.9. The third-order valence-electron chi connectivity index (χ3n) is 11.2. The summed E-state index contributed by atoms with van der Waals surface area (Å²) in [5, 5.41) is 9.35. The number of anilines is 2. The van der Waals surface area contributed by atoms with Crippen molar-refractivity contribution < 1.29 is 19.1 Å². The van der Waals surface area contributed by atoms with E-state index in [2.05, 4.69) is 48.0 Å². The average molecular weight is 952 g/mol. The summed E-state index contributed by atoms with van der Waals surface area (Å²) in [6.07, 6.45) is 12.0. The number of ether oxygens (including phenoxy) is 1. The fourth-order valence-electron chi connectivity index (χ4n) is 7.88. The topological polar surface area (TPSA) is 203 Å². The zero-order valence-electron chi connectivity index (χ0n) is 38.2. The number of hydrogen-bond donors (Lipinski definition) is 5. The number of carbonyl (C=O) groups is 3. The molecular formula is C49H59ClN10O4S2. The Bertz CT molecular complexity index is 2610. The van der Waals surface area contributed by atoms with Crippen LogP contribution in [0.4, 0.5) is 16.7 Å². The maximum Gasteiger partial charge on any atom is 0.410 e. The molecule has 8 rings (SSSR count). The fourth-order valence-corrected chi connectivity index (χ4v) is 10.2. The first kappa shape index (κ1) is 49.5. The van der Waals surface area contributed by atoms with E-state index < -0.39 is 11.7 Å².